The van der Waals surface area contributed by atoms with Gasteiger partial charge >= 0.3 is 11.9 Å². The topological polar surface area (TPSA) is 113 Å². The Morgan fingerprint density at radius 3 is 2.53 bits per heavy atom. The van der Waals surface area contributed by atoms with Crippen LogP contribution in [0.25, 0.3) is 0 Å². The van der Waals surface area contributed by atoms with Crippen molar-refractivity contribution in [1.82, 2.24) is 5.32 Å². The molecule has 1 aliphatic heterocycles. The predicted molar refractivity (Wildman–Crippen MR) is 55.4 cm³/mol. The number of rotatable bonds is 6. The van der Waals surface area contributed by atoms with Gasteiger partial charge in [0.2, 0.25) is 5.91 Å². The zero-order chi connectivity index (χ0) is 12.8. The number of ether oxygens (including phenoxy) is 1. The van der Waals surface area contributed by atoms with Gasteiger partial charge < -0.3 is 20.3 Å². The number of amides is 1. The largest absolute Gasteiger partial charge is 0.481 e. The molecule has 7 nitrogen and oxygen atoms in total. The molecule has 0 saturated carbocycles. The summed E-state index contributed by atoms with van der Waals surface area (Å²) in [6.07, 6.45) is 0.287. The van der Waals surface area contributed by atoms with E-state index in [-0.39, 0.29) is 12.8 Å². The van der Waals surface area contributed by atoms with Crippen molar-refractivity contribution in [2.75, 3.05) is 6.61 Å². The molecule has 17 heavy (non-hydrogen) atoms. The van der Waals surface area contributed by atoms with Gasteiger partial charge in [0, 0.05) is 13.0 Å². The Morgan fingerprint density at radius 2 is 2.06 bits per heavy atom. The third kappa shape index (κ3) is 4.39. The molecule has 1 amide bonds. The van der Waals surface area contributed by atoms with Crippen LogP contribution >= 0.6 is 0 Å². The fourth-order valence-corrected chi connectivity index (χ4v) is 1.57. The normalized spacial score (nSPS) is 20.8. The second kappa shape index (κ2) is 6.19. The third-order valence-corrected chi connectivity index (χ3v) is 2.48. The van der Waals surface area contributed by atoms with E-state index < -0.39 is 30.0 Å². The van der Waals surface area contributed by atoms with Gasteiger partial charge in [-0.15, -0.1) is 0 Å². The third-order valence-electron chi connectivity index (χ3n) is 2.48. The zero-order valence-corrected chi connectivity index (χ0v) is 9.22. The molecular formula is C10H15NO6. The standard InChI is InChI=1S/C10H15NO6/c12-8(13)4-3-6(10(15)16)11-9(14)7-2-1-5-17-7/h6-7H,1-5H2,(H,11,14)(H,12,13)(H,15,16)/t6?,7-/m1/s1. The molecule has 0 aromatic rings. The van der Waals surface area contributed by atoms with E-state index in [2.05, 4.69) is 5.32 Å². The van der Waals surface area contributed by atoms with Crippen molar-refractivity contribution < 1.29 is 29.3 Å². The van der Waals surface area contributed by atoms with E-state index in [0.717, 1.165) is 6.42 Å². The molecule has 1 saturated heterocycles. The van der Waals surface area contributed by atoms with Gasteiger partial charge in [-0.3, -0.25) is 9.59 Å². The first-order chi connectivity index (χ1) is 8.00. The van der Waals surface area contributed by atoms with Gasteiger partial charge in [0.15, 0.2) is 0 Å². The summed E-state index contributed by atoms with van der Waals surface area (Å²) in [6.45, 7) is 0.491. The predicted octanol–water partition coefficient (Wildman–Crippen LogP) is -0.400. The molecule has 0 bridgehead atoms. The highest BCUT2D eigenvalue weighted by atomic mass is 16.5. The second-order valence-corrected chi connectivity index (χ2v) is 3.83. The van der Waals surface area contributed by atoms with Gasteiger partial charge in [-0.05, 0) is 19.3 Å². The average Bonchev–Trinajstić information content (AvgIpc) is 2.76. The van der Waals surface area contributed by atoms with E-state index in [1.54, 1.807) is 0 Å². The molecule has 3 N–H and O–H groups in total. The first kappa shape index (κ1) is 13.4. The van der Waals surface area contributed by atoms with E-state index in [1.807, 2.05) is 0 Å². The molecule has 1 heterocycles. The summed E-state index contributed by atoms with van der Waals surface area (Å²) in [4.78, 5) is 32.7. The fraction of sp³-hybridized carbons (Fsp3) is 0.700. The van der Waals surface area contributed by atoms with Crippen LogP contribution in [0.15, 0.2) is 0 Å². The number of carbonyl (C=O) groups is 3. The lowest BCUT2D eigenvalue weighted by Crippen LogP contribution is -2.45. The lowest BCUT2D eigenvalue weighted by molar-refractivity contribution is -0.144. The van der Waals surface area contributed by atoms with Gasteiger partial charge in [-0.2, -0.15) is 0 Å². The number of hydrogen-bond acceptors (Lipinski definition) is 4. The number of carboxylic acid groups (broad SMARTS) is 2. The Hall–Kier alpha value is -1.63. The summed E-state index contributed by atoms with van der Waals surface area (Å²) in [7, 11) is 0. The van der Waals surface area contributed by atoms with Crippen LogP contribution in [0.2, 0.25) is 0 Å². The monoisotopic (exact) mass is 245 g/mol. The first-order valence-electron chi connectivity index (χ1n) is 5.37. The summed E-state index contributed by atoms with van der Waals surface area (Å²) in [5.74, 6) is -2.82. The van der Waals surface area contributed by atoms with Crippen molar-refractivity contribution in [3.8, 4) is 0 Å². The highest BCUT2D eigenvalue weighted by Crippen LogP contribution is 2.12. The molecule has 1 fully saturated rings. The summed E-state index contributed by atoms with van der Waals surface area (Å²) < 4.78 is 5.10. The maximum absolute atomic E-state index is 11.6. The van der Waals surface area contributed by atoms with Crippen LogP contribution in [0.3, 0.4) is 0 Å². The van der Waals surface area contributed by atoms with Crippen LogP contribution < -0.4 is 5.32 Å². The van der Waals surface area contributed by atoms with Crippen molar-refractivity contribution >= 4 is 17.8 Å². The number of hydrogen-bond donors (Lipinski definition) is 3. The van der Waals surface area contributed by atoms with Crippen LogP contribution in [-0.2, 0) is 19.1 Å². The van der Waals surface area contributed by atoms with Crippen molar-refractivity contribution in [3.05, 3.63) is 0 Å². The Balaban J connectivity index is 2.44. The van der Waals surface area contributed by atoms with Gasteiger partial charge in [-0.1, -0.05) is 0 Å². The first-order valence-corrected chi connectivity index (χ1v) is 5.37. The second-order valence-electron chi connectivity index (χ2n) is 3.83. The molecule has 0 aromatic carbocycles. The molecular weight excluding hydrogens is 230 g/mol. The Bertz CT molecular complexity index is 310. The van der Waals surface area contributed by atoms with Crippen LogP contribution in [0.4, 0.5) is 0 Å². The van der Waals surface area contributed by atoms with Gasteiger partial charge in [0.25, 0.3) is 0 Å². The maximum atomic E-state index is 11.6. The number of aliphatic carboxylic acids is 2. The van der Waals surface area contributed by atoms with Crippen LogP contribution in [0.1, 0.15) is 25.7 Å². The lowest BCUT2D eigenvalue weighted by atomic mass is 10.1. The molecule has 96 valence electrons. The number of carbonyl (C=O) groups excluding carboxylic acids is 1. The van der Waals surface area contributed by atoms with Crippen molar-refractivity contribution in [1.29, 1.82) is 0 Å². The minimum atomic E-state index is -1.24. The smallest absolute Gasteiger partial charge is 0.326 e. The Morgan fingerprint density at radius 1 is 1.35 bits per heavy atom. The Labute approximate surface area is 97.8 Å². The quantitative estimate of drug-likeness (QED) is 0.586. The summed E-state index contributed by atoms with van der Waals surface area (Å²) in [6, 6.07) is -1.18. The average molecular weight is 245 g/mol. The molecule has 1 rings (SSSR count). The highest BCUT2D eigenvalue weighted by Gasteiger charge is 2.28. The number of carboxylic acids is 2. The van der Waals surface area contributed by atoms with Crippen LogP contribution in [-0.4, -0.2) is 46.8 Å². The van der Waals surface area contributed by atoms with E-state index in [1.165, 1.54) is 0 Å². The van der Waals surface area contributed by atoms with Crippen molar-refractivity contribution in [2.45, 2.75) is 37.8 Å². The van der Waals surface area contributed by atoms with E-state index in [0.29, 0.717) is 13.0 Å². The van der Waals surface area contributed by atoms with Crippen molar-refractivity contribution in [2.24, 2.45) is 0 Å². The van der Waals surface area contributed by atoms with Gasteiger partial charge in [0.05, 0.1) is 0 Å². The van der Waals surface area contributed by atoms with E-state index >= 15 is 0 Å². The molecule has 1 unspecified atom stereocenters. The maximum Gasteiger partial charge on any atom is 0.326 e. The van der Waals surface area contributed by atoms with Crippen molar-refractivity contribution in [3.63, 3.8) is 0 Å². The molecule has 0 radical (unpaired) electrons. The summed E-state index contributed by atoms with van der Waals surface area (Å²) in [5, 5.41) is 19.6. The van der Waals surface area contributed by atoms with Crippen LogP contribution in [0.5, 0.6) is 0 Å². The fourth-order valence-electron chi connectivity index (χ4n) is 1.57. The lowest BCUT2D eigenvalue weighted by Gasteiger charge is -2.16. The van der Waals surface area contributed by atoms with E-state index in [4.69, 9.17) is 14.9 Å². The molecule has 0 aliphatic carbocycles. The molecule has 2 atom stereocenters. The molecule has 0 aromatic heterocycles. The van der Waals surface area contributed by atoms with Gasteiger partial charge in [0.1, 0.15) is 12.1 Å². The minimum absolute atomic E-state index is 0.136. The SMILES string of the molecule is O=C(O)CCC(NC(=O)[C@H]1CCCO1)C(=O)O. The van der Waals surface area contributed by atoms with E-state index in [9.17, 15) is 14.4 Å². The number of nitrogens with one attached hydrogen (secondary N) is 1. The molecule has 0 spiro atoms. The molecule has 1 aliphatic rings. The molecule has 7 heteroatoms. The summed E-state index contributed by atoms with van der Waals surface area (Å²) >= 11 is 0. The van der Waals surface area contributed by atoms with Crippen LogP contribution in [0, 0.1) is 0 Å². The Kier molecular flexibility index (Phi) is 4.89. The highest BCUT2D eigenvalue weighted by molar-refractivity contribution is 5.86. The summed E-state index contributed by atoms with van der Waals surface area (Å²) in [5.41, 5.74) is 0. The minimum Gasteiger partial charge on any atom is -0.481 e. The zero-order valence-electron chi connectivity index (χ0n) is 9.22. The van der Waals surface area contributed by atoms with Gasteiger partial charge in [-0.25, -0.2) is 4.79 Å².